The first kappa shape index (κ1) is 22.1. The lowest BCUT2D eigenvalue weighted by molar-refractivity contribution is -0.122. The van der Waals surface area contributed by atoms with Gasteiger partial charge in [0.25, 0.3) is 5.91 Å². The molecular formula is C22H22ClFN2O3S. The minimum atomic E-state index is -0.505. The minimum Gasteiger partial charge on any atom is -0.496 e. The highest BCUT2D eigenvalue weighted by molar-refractivity contribution is 7.80. The van der Waals surface area contributed by atoms with Gasteiger partial charge in [-0.3, -0.25) is 9.69 Å². The van der Waals surface area contributed by atoms with Gasteiger partial charge in [0.1, 0.15) is 29.6 Å². The molecule has 0 aromatic heterocycles. The Morgan fingerprint density at radius 3 is 2.77 bits per heavy atom. The van der Waals surface area contributed by atoms with Crippen LogP contribution in [0.3, 0.4) is 0 Å². The fourth-order valence-electron chi connectivity index (χ4n) is 2.99. The third kappa shape index (κ3) is 5.09. The van der Waals surface area contributed by atoms with Crippen LogP contribution in [0.1, 0.15) is 30.9 Å². The average molecular weight is 449 g/mol. The number of hydrogen-bond acceptors (Lipinski definition) is 4. The highest BCUT2D eigenvalue weighted by atomic mass is 35.5. The van der Waals surface area contributed by atoms with Gasteiger partial charge in [-0.2, -0.15) is 0 Å². The van der Waals surface area contributed by atoms with Crippen molar-refractivity contribution in [2.75, 3.05) is 13.7 Å². The van der Waals surface area contributed by atoms with E-state index in [4.69, 9.17) is 33.3 Å². The van der Waals surface area contributed by atoms with Crippen LogP contribution >= 0.6 is 23.8 Å². The lowest BCUT2D eigenvalue weighted by atomic mass is 10.1. The van der Waals surface area contributed by atoms with Crippen LogP contribution in [0.2, 0.25) is 5.02 Å². The number of benzene rings is 2. The van der Waals surface area contributed by atoms with Gasteiger partial charge in [-0.25, -0.2) is 4.39 Å². The topological polar surface area (TPSA) is 50.8 Å². The lowest BCUT2D eigenvalue weighted by Gasteiger charge is -2.12. The fraction of sp³-hybridized carbons (Fsp3) is 0.273. The maximum absolute atomic E-state index is 13.3. The molecule has 0 aliphatic carbocycles. The van der Waals surface area contributed by atoms with E-state index in [1.54, 1.807) is 24.2 Å². The summed E-state index contributed by atoms with van der Waals surface area (Å²) >= 11 is 11.1. The second-order valence-corrected chi connectivity index (χ2v) is 7.53. The van der Waals surface area contributed by atoms with E-state index in [0.29, 0.717) is 28.9 Å². The van der Waals surface area contributed by atoms with Crippen LogP contribution < -0.4 is 14.8 Å². The van der Waals surface area contributed by atoms with Crippen LogP contribution in [0, 0.1) is 5.82 Å². The molecule has 30 heavy (non-hydrogen) atoms. The molecule has 0 saturated carbocycles. The summed E-state index contributed by atoms with van der Waals surface area (Å²) in [5, 5.41) is 3.40. The van der Waals surface area contributed by atoms with Crippen molar-refractivity contribution in [2.45, 2.75) is 26.4 Å². The van der Waals surface area contributed by atoms with Crippen molar-refractivity contribution in [1.29, 1.82) is 0 Å². The molecule has 1 heterocycles. The summed E-state index contributed by atoms with van der Waals surface area (Å²) in [5.74, 6) is 0.436. The smallest absolute Gasteiger partial charge is 0.276 e. The molecule has 1 saturated heterocycles. The highest BCUT2D eigenvalue weighted by Gasteiger charge is 2.29. The molecule has 1 N–H and O–H groups in total. The first-order chi connectivity index (χ1) is 14.4. The van der Waals surface area contributed by atoms with E-state index in [1.165, 1.54) is 18.2 Å². The number of methoxy groups -OCH3 is 1. The number of amides is 1. The normalized spacial score (nSPS) is 14.9. The summed E-state index contributed by atoms with van der Waals surface area (Å²) in [7, 11) is 1.57. The van der Waals surface area contributed by atoms with Gasteiger partial charge in [0.05, 0.1) is 12.1 Å². The van der Waals surface area contributed by atoms with Gasteiger partial charge in [0, 0.05) is 18.2 Å². The molecule has 5 nitrogen and oxygen atoms in total. The summed E-state index contributed by atoms with van der Waals surface area (Å²) in [6.45, 7) is 2.85. The second kappa shape index (κ2) is 9.91. The zero-order valence-electron chi connectivity index (χ0n) is 16.7. The second-order valence-electron chi connectivity index (χ2n) is 6.73. The Labute approximate surface area is 185 Å². The van der Waals surface area contributed by atoms with Gasteiger partial charge in [-0.05, 0) is 54.5 Å². The Bertz CT molecular complexity index is 996. The molecule has 1 amide bonds. The zero-order chi connectivity index (χ0) is 21.7. The number of nitrogens with one attached hydrogen (secondary N) is 1. The van der Waals surface area contributed by atoms with Crippen molar-refractivity contribution >= 4 is 40.9 Å². The van der Waals surface area contributed by atoms with Gasteiger partial charge < -0.3 is 14.8 Å². The molecule has 0 atom stereocenters. The Hall–Kier alpha value is -2.64. The van der Waals surface area contributed by atoms with Gasteiger partial charge >= 0.3 is 0 Å². The number of halogens is 2. The number of thiocarbonyl (C=S) groups is 1. The maximum atomic E-state index is 13.3. The molecule has 1 fully saturated rings. The van der Waals surface area contributed by atoms with E-state index in [2.05, 4.69) is 12.2 Å². The molecule has 3 rings (SSSR count). The number of unbranched alkanes of at least 4 members (excludes halogenated alkanes) is 1. The summed E-state index contributed by atoms with van der Waals surface area (Å²) in [5.41, 5.74) is 1.99. The van der Waals surface area contributed by atoms with E-state index in [0.717, 1.165) is 24.0 Å². The van der Waals surface area contributed by atoms with Crippen LogP contribution in [-0.4, -0.2) is 29.6 Å². The predicted molar refractivity (Wildman–Crippen MR) is 119 cm³/mol. The summed E-state index contributed by atoms with van der Waals surface area (Å²) < 4.78 is 24.5. The van der Waals surface area contributed by atoms with Crippen LogP contribution in [-0.2, 0) is 11.4 Å². The number of carbonyl (C=O) groups excluding carboxylic acids is 1. The average Bonchev–Trinajstić information content (AvgIpc) is 3.00. The summed E-state index contributed by atoms with van der Waals surface area (Å²) in [6, 6.07) is 9.69. The molecule has 1 aliphatic heterocycles. The lowest BCUT2D eigenvalue weighted by Crippen LogP contribution is -2.31. The van der Waals surface area contributed by atoms with Crippen molar-refractivity contribution in [1.82, 2.24) is 10.2 Å². The van der Waals surface area contributed by atoms with Crippen molar-refractivity contribution in [3.05, 3.63) is 64.1 Å². The van der Waals surface area contributed by atoms with Gasteiger partial charge in [-0.15, -0.1) is 0 Å². The molecule has 8 heteroatoms. The van der Waals surface area contributed by atoms with Crippen LogP contribution in [0.15, 0.2) is 42.1 Å². The number of carbonyl (C=O) groups is 1. The van der Waals surface area contributed by atoms with Crippen LogP contribution in [0.5, 0.6) is 11.5 Å². The van der Waals surface area contributed by atoms with E-state index in [9.17, 15) is 9.18 Å². The third-order valence-electron chi connectivity index (χ3n) is 4.60. The molecule has 1 aliphatic rings. The van der Waals surface area contributed by atoms with Crippen LogP contribution in [0.25, 0.3) is 6.08 Å². The Morgan fingerprint density at radius 1 is 1.27 bits per heavy atom. The summed E-state index contributed by atoms with van der Waals surface area (Å²) in [6.07, 6.45) is 3.61. The monoisotopic (exact) mass is 448 g/mol. The van der Waals surface area contributed by atoms with E-state index in [1.807, 2.05) is 12.1 Å². The molecular weight excluding hydrogens is 427 g/mol. The first-order valence-corrected chi connectivity index (χ1v) is 10.3. The van der Waals surface area contributed by atoms with Crippen molar-refractivity contribution in [3.63, 3.8) is 0 Å². The molecule has 0 radical (unpaired) electrons. The van der Waals surface area contributed by atoms with Crippen molar-refractivity contribution < 1.29 is 18.7 Å². The standard InChI is InChI=1S/C22H22ClFN2O3S/c1-3-4-9-26-21(27)19(25-22(26)30)11-14-5-8-20(28-2)15(10-14)13-29-16-6-7-18(24)17(23)12-16/h5-8,10-12H,3-4,9,13H2,1-2H3,(H,25,30)/b19-11+. The molecule has 0 bridgehead atoms. The Kier molecular flexibility index (Phi) is 7.29. The molecule has 0 unspecified atom stereocenters. The Balaban J connectivity index is 1.78. The van der Waals surface area contributed by atoms with Crippen molar-refractivity contribution in [3.8, 4) is 11.5 Å². The van der Waals surface area contributed by atoms with Gasteiger partial charge in [0.2, 0.25) is 0 Å². The van der Waals surface area contributed by atoms with Gasteiger partial charge in [0.15, 0.2) is 5.11 Å². The number of ether oxygens (including phenoxy) is 2. The number of rotatable bonds is 8. The SMILES string of the molecule is CCCCN1C(=O)/C(=C\c2ccc(OC)c(COc3ccc(F)c(Cl)c3)c2)NC1=S. The first-order valence-electron chi connectivity index (χ1n) is 9.52. The minimum absolute atomic E-state index is 0.00707. The molecule has 158 valence electrons. The quantitative estimate of drug-likeness (QED) is 0.458. The fourth-order valence-corrected chi connectivity index (χ4v) is 3.44. The van der Waals surface area contributed by atoms with E-state index >= 15 is 0 Å². The highest BCUT2D eigenvalue weighted by Crippen LogP contribution is 2.26. The number of nitrogens with zero attached hydrogens (tertiary/aromatic N) is 1. The van der Waals surface area contributed by atoms with Crippen LogP contribution in [0.4, 0.5) is 4.39 Å². The zero-order valence-corrected chi connectivity index (χ0v) is 18.3. The maximum Gasteiger partial charge on any atom is 0.276 e. The molecule has 2 aromatic carbocycles. The summed E-state index contributed by atoms with van der Waals surface area (Å²) in [4.78, 5) is 14.2. The van der Waals surface area contributed by atoms with Crippen molar-refractivity contribution in [2.24, 2.45) is 0 Å². The van der Waals surface area contributed by atoms with E-state index < -0.39 is 5.82 Å². The molecule has 0 spiro atoms. The van der Waals surface area contributed by atoms with Gasteiger partial charge in [-0.1, -0.05) is 31.0 Å². The number of hydrogen-bond donors (Lipinski definition) is 1. The van der Waals surface area contributed by atoms with E-state index in [-0.39, 0.29) is 17.5 Å². The molecule has 2 aromatic rings. The largest absolute Gasteiger partial charge is 0.496 e. The Morgan fingerprint density at radius 2 is 2.07 bits per heavy atom. The predicted octanol–water partition coefficient (Wildman–Crippen LogP) is 4.92. The third-order valence-corrected chi connectivity index (χ3v) is 5.21.